The molecule has 2 atom stereocenters. The fraction of sp³-hybridized carbons (Fsp3) is 0.480. The maximum Gasteiger partial charge on any atom is 0.241 e. The number of fused-ring (bicyclic) bond motifs is 4. The average Bonchev–Trinajstić information content (AvgIpc) is 3.55. The minimum atomic E-state index is -3.71. The van der Waals surface area contributed by atoms with Crippen LogP contribution >= 0.6 is 0 Å². The highest BCUT2D eigenvalue weighted by molar-refractivity contribution is 7.89. The molecule has 4 heterocycles. The number of aromatic nitrogens is 5. The molecule has 1 aliphatic carbocycles. The maximum absolute atomic E-state index is 13.7. The Morgan fingerprint density at radius 1 is 1.14 bits per heavy atom. The molecule has 1 aliphatic heterocycles. The quantitative estimate of drug-likeness (QED) is 0.445. The third kappa shape index (κ3) is 3.45. The summed E-state index contributed by atoms with van der Waals surface area (Å²) in [5.41, 5.74) is 5.52. The molecule has 2 N–H and O–H groups in total. The molecule has 35 heavy (non-hydrogen) atoms. The summed E-state index contributed by atoms with van der Waals surface area (Å²) in [6.45, 7) is 9.81. The zero-order valence-corrected chi connectivity index (χ0v) is 21.5. The number of ether oxygens (including phenoxy) is 1. The van der Waals surface area contributed by atoms with E-state index in [0.717, 1.165) is 57.8 Å². The molecule has 1 aromatic carbocycles. The second kappa shape index (κ2) is 7.51. The van der Waals surface area contributed by atoms with Gasteiger partial charge in [-0.2, -0.15) is 0 Å². The molecule has 6 rings (SSSR count). The Bertz CT molecular complexity index is 1600. The van der Waals surface area contributed by atoms with Crippen molar-refractivity contribution < 1.29 is 13.2 Å². The molecule has 0 saturated heterocycles. The summed E-state index contributed by atoms with van der Waals surface area (Å²) < 4.78 is 38.6. The summed E-state index contributed by atoms with van der Waals surface area (Å²) in [7, 11) is -3.71. The number of hydrogen-bond donors (Lipinski definition) is 2. The first-order valence-electron chi connectivity index (χ1n) is 12.1. The molecule has 9 nitrogen and oxygen atoms in total. The molecule has 4 aromatic rings. The summed E-state index contributed by atoms with van der Waals surface area (Å²) in [5, 5.41) is 8.76. The van der Waals surface area contributed by atoms with Crippen molar-refractivity contribution in [1.29, 1.82) is 0 Å². The van der Waals surface area contributed by atoms with E-state index in [-0.39, 0.29) is 17.6 Å². The molecule has 10 heteroatoms. The number of hydrogen-bond acceptors (Lipinski definition) is 6. The van der Waals surface area contributed by atoms with Crippen LogP contribution in [-0.4, -0.2) is 44.6 Å². The molecular weight excluding hydrogens is 464 g/mol. The largest absolute Gasteiger partial charge is 0.487 e. The Morgan fingerprint density at radius 3 is 2.74 bits per heavy atom. The van der Waals surface area contributed by atoms with Crippen molar-refractivity contribution in [3.63, 3.8) is 0 Å². The maximum atomic E-state index is 13.7. The fourth-order valence-electron chi connectivity index (χ4n) is 5.91. The highest BCUT2D eigenvalue weighted by Gasteiger charge is 2.38. The van der Waals surface area contributed by atoms with Gasteiger partial charge in [-0.1, -0.05) is 0 Å². The van der Waals surface area contributed by atoms with Gasteiger partial charge in [0.2, 0.25) is 10.0 Å². The first-order valence-corrected chi connectivity index (χ1v) is 13.5. The molecule has 2 aliphatic rings. The zero-order chi connectivity index (χ0) is 24.7. The van der Waals surface area contributed by atoms with Crippen LogP contribution in [0.1, 0.15) is 67.1 Å². The van der Waals surface area contributed by atoms with Crippen LogP contribution in [0.3, 0.4) is 0 Å². The van der Waals surface area contributed by atoms with Crippen LogP contribution in [-0.2, 0) is 16.4 Å². The lowest BCUT2D eigenvalue weighted by Crippen LogP contribution is -2.34. The Kier molecular flexibility index (Phi) is 4.82. The van der Waals surface area contributed by atoms with Crippen LogP contribution in [0, 0.1) is 20.8 Å². The summed E-state index contributed by atoms with van der Waals surface area (Å²) in [6, 6.07) is 1.80. The Hall–Kier alpha value is -2.98. The van der Waals surface area contributed by atoms with Gasteiger partial charge in [0.1, 0.15) is 17.2 Å². The summed E-state index contributed by atoms with van der Waals surface area (Å²) in [6.07, 6.45) is 6.51. The van der Waals surface area contributed by atoms with E-state index in [4.69, 9.17) is 4.74 Å². The monoisotopic (exact) mass is 494 g/mol. The number of benzene rings is 1. The Labute approximate surface area is 204 Å². The van der Waals surface area contributed by atoms with Crippen molar-refractivity contribution in [3.05, 3.63) is 46.5 Å². The minimum absolute atomic E-state index is 0.108. The van der Waals surface area contributed by atoms with Crippen LogP contribution in [0.25, 0.3) is 16.8 Å². The van der Waals surface area contributed by atoms with E-state index >= 15 is 0 Å². The first-order chi connectivity index (χ1) is 16.6. The van der Waals surface area contributed by atoms with Crippen molar-refractivity contribution in [1.82, 2.24) is 29.3 Å². The van der Waals surface area contributed by atoms with Crippen LogP contribution in [0.2, 0.25) is 0 Å². The normalized spacial score (nSPS) is 21.6. The number of sulfonamides is 1. The van der Waals surface area contributed by atoms with Crippen LogP contribution < -0.4 is 9.46 Å². The molecular formula is C25H30N6O3S. The van der Waals surface area contributed by atoms with E-state index < -0.39 is 10.0 Å². The van der Waals surface area contributed by atoms with Gasteiger partial charge >= 0.3 is 0 Å². The molecule has 184 valence electrons. The predicted molar refractivity (Wildman–Crippen MR) is 132 cm³/mol. The summed E-state index contributed by atoms with van der Waals surface area (Å²) >= 11 is 0. The summed E-state index contributed by atoms with van der Waals surface area (Å²) in [5.74, 6) is 1.80. The van der Waals surface area contributed by atoms with E-state index in [1.165, 1.54) is 0 Å². The molecule has 0 amide bonds. The van der Waals surface area contributed by atoms with Crippen LogP contribution in [0.5, 0.6) is 5.75 Å². The van der Waals surface area contributed by atoms with Crippen molar-refractivity contribution in [2.24, 2.45) is 0 Å². The van der Waals surface area contributed by atoms with Crippen LogP contribution in [0.4, 0.5) is 0 Å². The zero-order valence-electron chi connectivity index (χ0n) is 20.6. The minimum Gasteiger partial charge on any atom is -0.487 e. The van der Waals surface area contributed by atoms with Crippen molar-refractivity contribution >= 4 is 26.8 Å². The highest BCUT2D eigenvalue weighted by Crippen LogP contribution is 2.44. The Balaban J connectivity index is 1.30. The lowest BCUT2D eigenvalue weighted by molar-refractivity contribution is 0.137. The second-order valence-corrected chi connectivity index (χ2v) is 12.3. The van der Waals surface area contributed by atoms with Gasteiger partial charge in [0, 0.05) is 30.1 Å². The molecule has 0 radical (unpaired) electrons. The average molecular weight is 495 g/mol. The SMILES string of the molecule is Cc1c(C)c(S(=O)(=O)N[C@H]2CC[C@@H](c3nnc4cnc5[nH]ccc5n34)C2)c(C)c2c1OC(C)(C)C2. The van der Waals surface area contributed by atoms with Gasteiger partial charge in [-0.3, -0.25) is 4.40 Å². The van der Waals surface area contributed by atoms with Gasteiger partial charge in [-0.15, -0.1) is 10.2 Å². The second-order valence-electron chi connectivity index (χ2n) is 10.6. The van der Waals surface area contributed by atoms with Gasteiger partial charge < -0.3 is 9.72 Å². The molecule has 1 saturated carbocycles. The van der Waals surface area contributed by atoms with Gasteiger partial charge in [0.15, 0.2) is 11.3 Å². The third-order valence-corrected chi connectivity index (χ3v) is 9.44. The van der Waals surface area contributed by atoms with Crippen molar-refractivity contribution in [3.8, 4) is 5.75 Å². The third-order valence-electron chi connectivity index (χ3n) is 7.65. The molecule has 0 bridgehead atoms. The summed E-state index contributed by atoms with van der Waals surface area (Å²) in [4.78, 5) is 7.91. The topological polar surface area (TPSA) is 114 Å². The van der Waals surface area contributed by atoms with Crippen LogP contribution in [0.15, 0.2) is 23.4 Å². The lowest BCUT2D eigenvalue weighted by Gasteiger charge is -2.20. The highest BCUT2D eigenvalue weighted by atomic mass is 32.2. The molecule has 0 spiro atoms. The van der Waals surface area contributed by atoms with E-state index in [1.54, 1.807) is 6.20 Å². The van der Waals surface area contributed by atoms with Gasteiger partial charge in [0.25, 0.3) is 0 Å². The van der Waals surface area contributed by atoms with E-state index in [0.29, 0.717) is 23.4 Å². The number of nitrogens with zero attached hydrogens (tertiary/aromatic N) is 4. The standard InChI is InChI=1S/C25H30N6O3S/c1-13-14(2)22(15(3)18-11-25(4,5)34-21(13)18)35(32,33)30-17-7-6-16(10-17)24-29-28-20-12-27-23-19(31(20)24)8-9-26-23/h8-9,12,16-17,26,30H,6-7,10-11H2,1-5H3/t16-,17+/m1/s1. The van der Waals surface area contributed by atoms with Gasteiger partial charge in [0.05, 0.1) is 16.6 Å². The molecule has 3 aromatic heterocycles. The fourth-order valence-corrected chi connectivity index (χ4v) is 7.76. The smallest absolute Gasteiger partial charge is 0.241 e. The number of nitrogens with one attached hydrogen (secondary N) is 2. The molecule has 1 fully saturated rings. The number of H-pyrrole nitrogens is 1. The molecule has 0 unspecified atom stereocenters. The van der Waals surface area contributed by atoms with E-state index in [1.807, 2.05) is 51.3 Å². The first kappa shape index (κ1) is 22.5. The van der Waals surface area contributed by atoms with Gasteiger partial charge in [-0.05, 0) is 76.6 Å². The van der Waals surface area contributed by atoms with Crippen molar-refractivity contribution in [2.75, 3.05) is 0 Å². The van der Waals surface area contributed by atoms with Crippen molar-refractivity contribution in [2.45, 2.75) is 82.8 Å². The lowest BCUT2D eigenvalue weighted by atomic mass is 9.94. The van der Waals surface area contributed by atoms with Gasteiger partial charge in [-0.25, -0.2) is 18.1 Å². The van der Waals surface area contributed by atoms with E-state index in [2.05, 4.69) is 24.9 Å². The Morgan fingerprint density at radius 2 is 1.94 bits per heavy atom. The van der Waals surface area contributed by atoms with E-state index in [9.17, 15) is 8.42 Å². The predicted octanol–water partition coefficient (Wildman–Crippen LogP) is 3.86. The number of rotatable bonds is 4. The number of aromatic amines is 1.